The SMILES string of the molecule is CCc1cn2c(N)c(Cl)cc(C(=O)NCC3CCN(C(=O)OC(C)(C)C)CC3)c2n1. The minimum atomic E-state index is -0.502. The molecule has 3 heterocycles. The van der Waals surface area contributed by atoms with E-state index in [1.807, 2.05) is 27.7 Å². The standard InChI is InChI=1S/C21H30ClN5O3/c1-5-14-12-27-17(23)16(22)10-15(18(27)25-14)19(28)24-11-13-6-8-26(9-7-13)20(29)30-21(2,3)4/h10,12-13H,5-9,11,23H2,1-4H3,(H,24,28). The number of hydrogen-bond donors (Lipinski definition) is 2. The Morgan fingerprint density at radius 2 is 2.00 bits per heavy atom. The van der Waals surface area contributed by atoms with Gasteiger partial charge in [0.1, 0.15) is 11.4 Å². The molecule has 3 rings (SSSR count). The average molecular weight is 436 g/mol. The Balaban J connectivity index is 1.60. The number of fused-ring (bicyclic) bond motifs is 1. The van der Waals surface area contributed by atoms with Crippen LogP contribution in [-0.4, -0.2) is 51.5 Å². The summed E-state index contributed by atoms with van der Waals surface area (Å²) in [5.41, 5.74) is 7.29. The van der Waals surface area contributed by atoms with E-state index in [4.69, 9.17) is 22.1 Å². The van der Waals surface area contributed by atoms with Crippen molar-refractivity contribution in [3.05, 3.63) is 28.5 Å². The van der Waals surface area contributed by atoms with Crippen molar-refractivity contribution in [2.45, 2.75) is 52.6 Å². The highest BCUT2D eigenvalue weighted by atomic mass is 35.5. The first-order chi connectivity index (χ1) is 14.1. The number of nitrogens with two attached hydrogens (primary N) is 1. The van der Waals surface area contributed by atoms with Gasteiger partial charge in [0, 0.05) is 25.8 Å². The van der Waals surface area contributed by atoms with Gasteiger partial charge in [-0.05, 0) is 52.0 Å². The van der Waals surface area contributed by atoms with Gasteiger partial charge in [-0.3, -0.25) is 9.20 Å². The lowest BCUT2D eigenvalue weighted by molar-refractivity contribution is 0.0183. The number of amides is 2. The first-order valence-corrected chi connectivity index (χ1v) is 10.7. The maximum Gasteiger partial charge on any atom is 0.410 e. The van der Waals surface area contributed by atoms with Crippen LogP contribution in [0.3, 0.4) is 0 Å². The molecule has 3 N–H and O–H groups in total. The number of halogens is 1. The summed E-state index contributed by atoms with van der Waals surface area (Å²) in [4.78, 5) is 31.3. The molecule has 0 radical (unpaired) electrons. The summed E-state index contributed by atoms with van der Waals surface area (Å²) in [5.74, 6) is 0.425. The van der Waals surface area contributed by atoms with Crippen LogP contribution < -0.4 is 11.1 Å². The molecule has 2 amide bonds. The van der Waals surface area contributed by atoms with E-state index in [2.05, 4.69) is 10.3 Å². The molecule has 0 atom stereocenters. The summed E-state index contributed by atoms with van der Waals surface area (Å²) in [7, 11) is 0. The number of aryl methyl sites for hydroxylation is 1. The topological polar surface area (TPSA) is 102 Å². The van der Waals surface area contributed by atoms with Crippen LogP contribution in [-0.2, 0) is 11.2 Å². The van der Waals surface area contributed by atoms with Gasteiger partial charge in [-0.2, -0.15) is 0 Å². The molecule has 1 fully saturated rings. The first kappa shape index (κ1) is 22.2. The number of hydrogen-bond acceptors (Lipinski definition) is 5. The van der Waals surface area contributed by atoms with E-state index in [0.29, 0.717) is 47.6 Å². The maximum absolute atomic E-state index is 12.8. The van der Waals surface area contributed by atoms with E-state index >= 15 is 0 Å². The molecule has 1 aliphatic rings. The Morgan fingerprint density at radius 3 is 2.60 bits per heavy atom. The van der Waals surface area contributed by atoms with Crippen LogP contribution in [0.5, 0.6) is 0 Å². The van der Waals surface area contributed by atoms with E-state index in [0.717, 1.165) is 25.0 Å². The summed E-state index contributed by atoms with van der Waals surface area (Å²) in [6.07, 6.45) is 3.87. The van der Waals surface area contributed by atoms with Gasteiger partial charge in [0.05, 0.1) is 16.3 Å². The highest BCUT2D eigenvalue weighted by Gasteiger charge is 2.27. The van der Waals surface area contributed by atoms with Gasteiger partial charge in [-0.25, -0.2) is 9.78 Å². The second-order valence-corrected chi connectivity index (χ2v) is 9.10. The quantitative estimate of drug-likeness (QED) is 0.765. The fourth-order valence-corrected chi connectivity index (χ4v) is 3.70. The van der Waals surface area contributed by atoms with Crippen molar-refractivity contribution >= 4 is 35.1 Å². The highest BCUT2D eigenvalue weighted by Crippen LogP contribution is 2.25. The van der Waals surface area contributed by atoms with Crippen molar-refractivity contribution < 1.29 is 14.3 Å². The fraction of sp³-hybridized carbons (Fsp3) is 0.571. The molecule has 164 valence electrons. The minimum Gasteiger partial charge on any atom is -0.444 e. The van der Waals surface area contributed by atoms with Crippen LogP contribution in [0.2, 0.25) is 5.02 Å². The molecule has 1 saturated heterocycles. The number of likely N-dealkylation sites (tertiary alicyclic amines) is 1. The molecule has 0 spiro atoms. The van der Waals surface area contributed by atoms with Crippen LogP contribution in [0.1, 0.15) is 56.6 Å². The van der Waals surface area contributed by atoms with E-state index in [-0.39, 0.29) is 12.0 Å². The van der Waals surface area contributed by atoms with E-state index in [1.54, 1.807) is 21.6 Å². The average Bonchev–Trinajstić information content (AvgIpc) is 3.12. The zero-order chi connectivity index (χ0) is 22.1. The predicted molar refractivity (Wildman–Crippen MR) is 117 cm³/mol. The Labute approximate surface area is 181 Å². The van der Waals surface area contributed by atoms with Gasteiger partial charge in [-0.1, -0.05) is 18.5 Å². The third-order valence-corrected chi connectivity index (χ3v) is 5.50. The number of nitrogens with one attached hydrogen (secondary N) is 1. The summed E-state index contributed by atoms with van der Waals surface area (Å²) >= 11 is 6.23. The Hall–Kier alpha value is -2.48. The van der Waals surface area contributed by atoms with E-state index < -0.39 is 5.60 Å². The molecule has 2 aromatic heterocycles. The van der Waals surface area contributed by atoms with Gasteiger partial charge in [-0.15, -0.1) is 0 Å². The number of nitrogens with zero attached hydrogens (tertiary/aromatic N) is 3. The number of nitrogen functional groups attached to an aromatic ring is 1. The van der Waals surface area contributed by atoms with Crippen molar-refractivity contribution in [3.63, 3.8) is 0 Å². The molecule has 0 unspecified atom stereocenters. The molecule has 0 aliphatic carbocycles. The number of aromatic nitrogens is 2. The van der Waals surface area contributed by atoms with Crippen molar-refractivity contribution in [2.75, 3.05) is 25.4 Å². The maximum atomic E-state index is 12.8. The zero-order valence-corrected chi connectivity index (χ0v) is 18.8. The van der Waals surface area contributed by atoms with Gasteiger partial charge in [0.25, 0.3) is 5.91 Å². The number of carbonyl (C=O) groups excluding carboxylic acids is 2. The van der Waals surface area contributed by atoms with Gasteiger partial charge in [0.2, 0.25) is 0 Å². The zero-order valence-electron chi connectivity index (χ0n) is 18.0. The van der Waals surface area contributed by atoms with E-state index in [9.17, 15) is 9.59 Å². The van der Waals surface area contributed by atoms with Gasteiger partial charge >= 0.3 is 6.09 Å². The summed E-state index contributed by atoms with van der Waals surface area (Å²) < 4.78 is 7.09. The second-order valence-electron chi connectivity index (χ2n) is 8.69. The first-order valence-electron chi connectivity index (χ1n) is 10.3. The predicted octanol–water partition coefficient (Wildman–Crippen LogP) is 3.51. The number of rotatable bonds is 4. The molecule has 0 saturated carbocycles. The fourth-order valence-electron chi connectivity index (χ4n) is 3.50. The van der Waals surface area contributed by atoms with Crippen molar-refractivity contribution in [1.29, 1.82) is 0 Å². The molecular weight excluding hydrogens is 406 g/mol. The van der Waals surface area contributed by atoms with Crippen molar-refractivity contribution in [1.82, 2.24) is 19.6 Å². The highest BCUT2D eigenvalue weighted by molar-refractivity contribution is 6.33. The van der Waals surface area contributed by atoms with Crippen molar-refractivity contribution in [2.24, 2.45) is 5.92 Å². The largest absolute Gasteiger partial charge is 0.444 e. The number of carbonyl (C=O) groups is 2. The number of imidazole rings is 1. The third kappa shape index (κ3) is 4.98. The van der Waals surface area contributed by atoms with Crippen LogP contribution in [0.4, 0.5) is 10.6 Å². The molecule has 8 nitrogen and oxygen atoms in total. The van der Waals surface area contributed by atoms with Gasteiger partial charge in [0.15, 0.2) is 5.65 Å². The smallest absolute Gasteiger partial charge is 0.410 e. The molecular formula is C21H30ClN5O3. The number of ether oxygens (including phenoxy) is 1. The molecule has 2 aromatic rings. The van der Waals surface area contributed by atoms with Crippen molar-refractivity contribution in [3.8, 4) is 0 Å². The second kappa shape index (κ2) is 8.71. The van der Waals surface area contributed by atoms with Gasteiger partial charge < -0.3 is 20.7 Å². The normalized spacial score (nSPS) is 15.4. The molecule has 0 bridgehead atoms. The minimum absolute atomic E-state index is 0.232. The number of anilines is 1. The summed E-state index contributed by atoms with van der Waals surface area (Å²) in [6, 6.07) is 1.57. The third-order valence-electron chi connectivity index (χ3n) is 5.20. The Morgan fingerprint density at radius 1 is 1.33 bits per heavy atom. The summed E-state index contributed by atoms with van der Waals surface area (Å²) in [6.45, 7) is 9.32. The Kier molecular flexibility index (Phi) is 6.45. The summed E-state index contributed by atoms with van der Waals surface area (Å²) in [5, 5.41) is 3.31. The van der Waals surface area contributed by atoms with Crippen LogP contribution in [0, 0.1) is 5.92 Å². The molecule has 9 heteroatoms. The van der Waals surface area contributed by atoms with Crippen LogP contribution in [0.25, 0.3) is 5.65 Å². The van der Waals surface area contributed by atoms with E-state index in [1.165, 1.54) is 0 Å². The monoisotopic (exact) mass is 435 g/mol. The molecule has 30 heavy (non-hydrogen) atoms. The lowest BCUT2D eigenvalue weighted by Crippen LogP contribution is -2.43. The lowest BCUT2D eigenvalue weighted by atomic mass is 9.97. The lowest BCUT2D eigenvalue weighted by Gasteiger charge is -2.33. The molecule has 1 aliphatic heterocycles. The number of piperidine rings is 1. The van der Waals surface area contributed by atoms with Crippen LogP contribution >= 0.6 is 11.6 Å². The molecule has 0 aromatic carbocycles. The number of pyridine rings is 1. The Bertz CT molecular complexity index is 942. The van der Waals surface area contributed by atoms with Crippen LogP contribution in [0.15, 0.2) is 12.3 Å².